The fraction of sp³-hybridized carbons (Fsp3) is 0.259. The van der Waals surface area contributed by atoms with Gasteiger partial charge in [0.05, 0.1) is 12.1 Å². The lowest BCUT2D eigenvalue weighted by atomic mass is 9.85. The van der Waals surface area contributed by atoms with E-state index in [-0.39, 0.29) is 17.2 Å². The molecule has 0 saturated heterocycles. The maximum absolute atomic E-state index is 13.0. The quantitative estimate of drug-likeness (QED) is 0.467. The number of carbonyl (C=O) groups is 1. The van der Waals surface area contributed by atoms with Gasteiger partial charge in [-0.15, -0.1) is 0 Å². The number of rotatable bonds is 6. The van der Waals surface area contributed by atoms with Gasteiger partial charge >= 0.3 is 0 Å². The van der Waals surface area contributed by atoms with Crippen LogP contribution in [0.1, 0.15) is 34.2 Å². The Morgan fingerprint density at radius 1 is 0.903 bits per heavy atom. The van der Waals surface area contributed by atoms with Crippen LogP contribution >= 0.6 is 0 Å². The van der Waals surface area contributed by atoms with Crippen molar-refractivity contribution in [2.75, 3.05) is 19.0 Å². The Kier molecular flexibility index (Phi) is 5.64. The number of benzene rings is 3. The summed E-state index contributed by atoms with van der Waals surface area (Å²) in [6.45, 7) is 4.17. The Balaban J connectivity index is 1.52. The van der Waals surface area contributed by atoms with Crippen molar-refractivity contribution < 1.29 is 4.79 Å². The first-order valence-electron chi connectivity index (χ1n) is 10.6. The van der Waals surface area contributed by atoms with Gasteiger partial charge in [0.25, 0.3) is 0 Å². The lowest BCUT2D eigenvalue weighted by molar-refractivity contribution is -0.122. The number of carbonyl (C=O) groups excluding carboxylic acids is 1. The van der Waals surface area contributed by atoms with Gasteiger partial charge in [-0.2, -0.15) is 5.10 Å². The minimum Gasteiger partial charge on any atom is -0.378 e. The number of amides is 1. The van der Waals surface area contributed by atoms with Gasteiger partial charge in [0.2, 0.25) is 5.91 Å². The third-order valence-electron chi connectivity index (χ3n) is 6.21. The van der Waals surface area contributed by atoms with Gasteiger partial charge in [-0.25, -0.2) is 5.43 Å². The molecule has 1 N–H and O–H groups in total. The first kappa shape index (κ1) is 20.9. The van der Waals surface area contributed by atoms with E-state index in [0.717, 1.165) is 17.7 Å². The summed E-state index contributed by atoms with van der Waals surface area (Å²) < 4.78 is 0. The van der Waals surface area contributed by atoms with Crippen molar-refractivity contribution in [1.82, 2.24) is 5.43 Å². The highest BCUT2D eigenvalue weighted by molar-refractivity contribution is 5.88. The third kappa shape index (κ3) is 4.24. The molecule has 1 saturated carbocycles. The second-order valence-corrected chi connectivity index (χ2v) is 8.68. The standard InChI is InChI=1S/C27H29N3O/c1-19-5-11-22(12-6-19)27(23-13-7-20(2)8-14-23)17-25(27)26(31)29-28-18-21-9-15-24(16-10-21)30(3)4/h5-16,18,25H,17H2,1-4H3,(H,29,31)/b28-18+. The van der Waals surface area contributed by atoms with Crippen LogP contribution in [-0.4, -0.2) is 26.2 Å². The zero-order valence-corrected chi connectivity index (χ0v) is 18.6. The fourth-order valence-corrected chi connectivity index (χ4v) is 4.19. The van der Waals surface area contributed by atoms with Crippen LogP contribution in [0.4, 0.5) is 5.69 Å². The van der Waals surface area contributed by atoms with Crippen LogP contribution < -0.4 is 10.3 Å². The second kappa shape index (κ2) is 8.38. The van der Waals surface area contributed by atoms with E-state index in [2.05, 4.69) is 72.9 Å². The number of aryl methyl sites for hydroxylation is 2. The Morgan fingerprint density at radius 2 is 1.42 bits per heavy atom. The molecule has 1 amide bonds. The van der Waals surface area contributed by atoms with E-state index < -0.39 is 0 Å². The first-order chi connectivity index (χ1) is 14.9. The van der Waals surface area contributed by atoms with Crippen LogP contribution in [0.5, 0.6) is 0 Å². The molecule has 0 bridgehead atoms. The van der Waals surface area contributed by atoms with Gasteiger partial charge in [-0.1, -0.05) is 71.8 Å². The molecule has 1 fully saturated rings. The average Bonchev–Trinajstić information content (AvgIpc) is 3.52. The molecule has 0 aromatic heterocycles. The molecule has 158 valence electrons. The highest BCUT2D eigenvalue weighted by atomic mass is 16.2. The molecule has 31 heavy (non-hydrogen) atoms. The smallest absolute Gasteiger partial charge is 0.244 e. The summed E-state index contributed by atoms with van der Waals surface area (Å²) in [7, 11) is 4.01. The van der Waals surface area contributed by atoms with E-state index in [4.69, 9.17) is 0 Å². The molecule has 1 aliphatic carbocycles. The van der Waals surface area contributed by atoms with Crippen LogP contribution in [-0.2, 0) is 10.2 Å². The Bertz CT molecular complexity index is 1040. The lowest BCUT2D eigenvalue weighted by Crippen LogP contribution is -2.25. The molecule has 0 radical (unpaired) electrons. The molecule has 3 aromatic carbocycles. The Labute approximate surface area is 184 Å². The maximum atomic E-state index is 13.0. The molecule has 4 nitrogen and oxygen atoms in total. The Morgan fingerprint density at radius 3 is 1.90 bits per heavy atom. The van der Waals surface area contributed by atoms with Crippen molar-refractivity contribution in [3.05, 3.63) is 101 Å². The molecule has 4 heteroatoms. The monoisotopic (exact) mass is 411 g/mol. The highest BCUT2D eigenvalue weighted by Crippen LogP contribution is 2.59. The molecule has 0 aliphatic heterocycles. The molecule has 4 rings (SSSR count). The number of hydrazone groups is 1. The number of anilines is 1. The molecule has 0 heterocycles. The predicted octanol–water partition coefficient (Wildman–Crippen LogP) is 4.83. The van der Waals surface area contributed by atoms with Crippen LogP contribution in [0.2, 0.25) is 0 Å². The molecular formula is C27H29N3O. The van der Waals surface area contributed by atoms with Crippen molar-refractivity contribution in [1.29, 1.82) is 0 Å². The summed E-state index contributed by atoms with van der Waals surface area (Å²) in [6, 6.07) is 25.1. The molecule has 1 atom stereocenters. The zero-order chi connectivity index (χ0) is 22.0. The van der Waals surface area contributed by atoms with Crippen molar-refractivity contribution >= 4 is 17.8 Å². The summed E-state index contributed by atoms with van der Waals surface area (Å²) in [5.41, 5.74) is 9.36. The van der Waals surface area contributed by atoms with E-state index in [0.29, 0.717) is 0 Å². The number of hydrogen-bond acceptors (Lipinski definition) is 3. The predicted molar refractivity (Wildman–Crippen MR) is 128 cm³/mol. The van der Waals surface area contributed by atoms with E-state index in [1.807, 2.05) is 43.3 Å². The third-order valence-corrected chi connectivity index (χ3v) is 6.21. The molecule has 1 unspecified atom stereocenters. The van der Waals surface area contributed by atoms with E-state index in [1.165, 1.54) is 22.3 Å². The molecule has 1 aliphatic rings. The molecule has 0 spiro atoms. The summed E-state index contributed by atoms with van der Waals surface area (Å²) >= 11 is 0. The van der Waals surface area contributed by atoms with Gasteiger partial charge in [0.1, 0.15) is 0 Å². The maximum Gasteiger partial charge on any atom is 0.244 e. The summed E-state index contributed by atoms with van der Waals surface area (Å²) in [6.07, 6.45) is 2.48. The van der Waals surface area contributed by atoms with Crippen molar-refractivity contribution in [2.45, 2.75) is 25.7 Å². The largest absolute Gasteiger partial charge is 0.378 e. The summed E-state index contributed by atoms with van der Waals surface area (Å²) in [5, 5.41) is 4.22. The van der Waals surface area contributed by atoms with Crippen LogP contribution in [0, 0.1) is 19.8 Å². The van der Waals surface area contributed by atoms with Gasteiger partial charge in [-0.3, -0.25) is 4.79 Å². The zero-order valence-electron chi connectivity index (χ0n) is 18.6. The summed E-state index contributed by atoms with van der Waals surface area (Å²) in [5.74, 6) is -0.173. The minimum atomic E-state index is -0.283. The van der Waals surface area contributed by atoms with Crippen LogP contribution in [0.25, 0.3) is 0 Å². The fourth-order valence-electron chi connectivity index (χ4n) is 4.19. The number of nitrogens with zero attached hydrogens (tertiary/aromatic N) is 2. The van der Waals surface area contributed by atoms with E-state index >= 15 is 0 Å². The SMILES string of the molecule is Cc1ccc(C2(c3ccc(C)cc3)CC2C(=O)N/N=C/c2ccc(N(C)C)cc2)cc1. The lowest BCUT2D eigenvalue weighted by Gasteiger charge is -2.19. The Hall–Kier alpha value is -3.40. The molecular weight excluding hydrogens is 382 g/mol. The van der Waals surface area contributed by atoms with E-state index in [1.54, 1.807) is 6.21 Å². The normalized spacial score (nSPS) is 16.8. The van der Waals surface area contributed by atoms with Gasteiger partial charge in [0, 0.05) is 25.2 Å². The van der Waals surface area contributed by atoms with Crippen molar-refractivity contribution in [3.63, 3.8) is 0 Å². The summed E-state index contributed by atoms with van der Waals surface area (Å²) in [4.78, 5) is 15.1. The van der Waals surface area contributed by atoms with Crippen molar-refractivity contribution in [2.24, 2.45) is 11.0 Å². The molecule has 3 aromatic rings. The van der Waals surface area contributed by atoms with Crippen LogP contribution in [0.3, 0.4) is 0 Å². The first-order valence-corrected chi connectivity index (χ1v) is 10.6. The number of hydrogen-bond donors (Lipinski definition) is 1. The van der Waals surface area contributed by atoms with Crippen molar-refractivity contribution in [3.8, 4) is 0 Å². The van der Waals surface area contributed by atoms with Gasteiger partial charge < -0.3 is 4.90 Å². The van der Waals surface area contributed by atoms with Gasteiger partial charge in [-0.05, 0) is 49.1 Å². The average molecular weight is 412 g/mol. The second-order valence-electron chi connectivity index (χ2n) is 8.68. The van der Waals surface area contributed by atoms with Crippen LogP contribution in [0.15, 0.2) is 77.9 Å². The van der Waals surface area contributed by atoms with Gasteiger partial charge in [0.15, 0.2) is 0 Å². The topological polar surface area (TPSA) is 44.7 Å². The number of nitrogens with one attached hydrogen (secondary N) is 1. The minimum absolute atomic E-state index is 0.0395. The highest BCUT2D eigenvalue weighted by Gasteiger charge is 2.60. The van der Waals surface area contributed by atoms with E-state index in [9.17, 15) is 4.79 Å².